The van der Waals surface area contributed by atoms with Gasteiger partial charge in [-0.1, -0.05) is 19.1 Å². The summed E-state index contributed by atoms with van der Waals surface area (Å²) < 4.78 is 46.0. The van der Waals surface area contributed by atoms with Crippen molar-refractivity contribution < 1.29 is 22.7 Å². The zero-order chi connectivity index (χ0) is 26.2. The number of pyridine rings is 1. The van der Waals surface area contributed by atoms with E-state index in [-0.39, 0.29) is 5.69 Å². The van der Waals surface area contributed by atoms with Gasteiger partial charge in [0.15, 0.2) is 0 Å². The Morgan fingerprint density at radius 3 is 2.68 bits per heavy atom. The van der Waals surface area contributed by atoms with Crippen LogP contribution in [0.3, 0.4) is 0 Å². The zero-order valence-electron chi connectivity index (χ0n) is 20.2. The molecule has 2 aromatic heterocycles. The monoisotopic (exact) mass is 504 g/mol. The number of aromatic nitrogens is 3. The molecular formula is C28H23F3N4O2. The molecule has 1 aliphatic heterocycles. The Bertz CT molecular complexity index is 1490. The number of ether oxygens (including phenoxy) is 1. The molecule has 1 amide bonds. The number of nitrogens with zero attached hydrogens (tertiary/aromatic N) is 4. The quantitative estimate of drug-likeness (QED) is 0.314. The summed E-state index contributed by atoms with van der Waals surface area (Å²) in [5.41, 5.74) is 2.62. The van der Waals surface area contributed by atoms with E-state index in [9.17, 15) is 18.0 Å². The van der Waals surface area contributed by atoms with Gasteiger partial charge in [0.1, 0.15) is 11.6 Å². The van der Waals surface area contributed by atoms with E-state index in [0.29, 0.717) is 59.2 Å². The average Bonchev–Trinajstić information content (AvgIpc) is 3.33. The summed E-state index contributed by atoms with van der Waals surface area (Å²) in [5.74, 6) is 1.03. The van der Waals surface area contributed by atoms with Gasteiger partial charge in [0.05, 0.1) is 16.8 Å². The lowest BCUT2D eigenvalue weighted by Gasteiger charge is -2.19. The fourth-order valence-corrected chi connectivity index (χ4v) is 4.26. The number of aryl methyl sites for hydroxylation is 2. The second kappa shape index (κ2) is 9.65. The van der Waals surface area contributed by atoms with Crippen molar-refractivity contribution in [3.8, 4) is 22.9 Å². The molecule has 0 bridgehead atoms. The summed E-state index contributed by atoms with van der Waals surface area (Å²) in [6.07, 6.45) is -0.0354. The molecule has 3 heterocycles. The molecule has 5 rings (SSSR count). The van der Waals surface area contributed by atoms with Gasteiger partial charge in [-0.25, -0.2) is 15.0 Å². The fourth-order valence-electron chi connectivity index (χ4n) is 4.26. The number of fused-ring (bicyclic) bond motifs is 1. The van der Waals surface area contributed by atoms with E-state index >= 15 is 0 Å². The molecule has 0 saturated carbocycles. The summed E-state index contributed by atoms with van der Waals surface area (Å²) in [4.78, 5) is 28.0. The highest BCUT2D eigenvalue weighted by molar-refractivity contribution is 6.07. The molecule has 0 atom stereocenters. The van der Waals surface area contributed by atoms with Crippen molar-refractivity contribution in [3.05, 3.63) is 95.1 Å². The second-order valence-corrected chi connectivity index (χ2v) is 8.70. The number of anilines is 1. The lowest BCUT2D eigenvalue weighted by atomic mass is 10.1. The Labute approximate surface area is 211 Å². The van der Waals surface area contributed by atoms with Crippen molar-refractivity contribution in [1.82, 2.24) is 15.0 Å². The maximum atomic E-state index is 13.4. The SMILES string of the molecule is CCc1nccc(-c2cccnc2Oc2cc(C(=O)N3CCc4ccc(C(F)(F)F)cc43)ccc2C)n1. The predicted octanol–water partition coefficient (Wildman–Crippen LogP) is 6.42. The summed E-state index contributed by atoms with van der Waals surface area (Å²) in [6.45, 7) is 4.11. The number of halogens is 3. The van der Waals surface area contributed by atoms with Gasteiger partial charge in [-0.2, -0.15) is 13.2 Å². The Hall–Kier alpha value is -4.27. The molecule has 0 spiro atoms. The van der Waals surface area contributed by atoms with Crippen LogP contribution in [0.2, 0.25) is 0 Å². The molecule has 0 radical (unpaired) electrons. The van der Waals surface area contributed by atoms with Crippen LogP contribution < -0.4 is 9.64 Å². The first kappa shape index (κ1) is 24.4. The van der Waals surface area contributed by atoms with Crippen molar-refractivity contribution >= 4 is 11.6 Å². The molecule has 2 aromatic carbocycles. The minimum atomic E-state index is -4.49. The van der Waals surface area contributed by atoms with Crippen LogP contribution in [0.1, 0.15) is 39.8 Å². The number of alkyl halides is 3. The van der Waals surface area contributed by atoms with Crippen molar-refractivity contribution in [2.75, 3.05) is 11.4 Å². The normalized spacial score (nSPS) is 12.9. The first-order valence-corrected chi connectivity index (χ1v) is 11.8. The smallest absolute Gasteiger partial charge is 0.416 e. The number of amides is 1. The molecule has 1 aliphatic rings. The first-order chi connectivity index (χ1) is 17.7. The molecular weight excluding hydrogens is 481 g/mol. The van der Waals surface area contributed by atoms with Crippen molar-refractivity contribution in [1.29, 1.82) is 0 Å². The Morgan fingerprint density at radius 1 is 1.05 bits per heavy atom. The van der Waals surface area contributed by atoms with Crippen molar-refractivity contribution in [2.45, 2.75) is 32.9 Å². The van der Waals surface area contributed by atoms with Crippen LogP contribution in [0, 0.1) is 6.92 Å². The molecule has 0 saturated heterocycles. The minimum Gasteiger partial charge on any atom is -0.438 e. The van der Waals surface area contributed by atoms with E-state index in [2.05, 4.69) is 15.0 Å². The molecule has 0 N–H and O–H groups in total. The topological polar surface area (TPSA) is 68.2 Å². The van der Waals surface area contributed by atoms with Gasteiger partial charge in [0.2, 0.25) is 5.88 Å². The highest BCUT2D eigenvalue weighted by Gasteiger charge is 2.34. The van der Waals surface area contributed by atoms with E-state index in [0.717, 1.165) is 17.7 Å². The third-order valence-electron chi connectivity index (χ3n) is 6.26. The maximum Gasteiger partial charge on any atom is 0.416 e. The molecule has 4 aromatic rings. The highest BCUT2D eigenvalue weighted by atomic mass is 19.4. The van der Waals surface area contributed by atoms with Gasteiger partial charge >= 0.3 is 6.18 Å². The van der Waals surface area contributed by atoms with Crippen LogP contribution in [0.25, 0.3) is 11.3 Å². The van der Waals surface area contributed by atoms with Crippen LogP contribution in [0.5, 0.6) is 11.6 Å². The Morgan fingerprint density at radius 2 is 1.89 bits per heavy atom. The van der Waals surface area contributed by atoms with Crippen molar-refractivity contribution in [2.24, 2.45) is 0 Å². The molecule has 9 heteroatoms. The third kappa shape index (κ3) is 4.89. The molecule has 188 valence electrons. The molecule has 0 unspecified atom stereocenters. The predicted molar refractivity (Wildman–Crippen MR) is 133 cm³/mol. The van der Waals surface area contributed by atoms with Gasteiger partial charge in [-0.05, 0) is 66.9 Å². The molecule has 0 aliphatic carbocycles. The maximum absolute atomic E-state index is 13.4. The molecule has 0 fully saturated rings. The van der Waals surface area contributed by atoms with E-state index in [1.165, 1.54) is 11.0 Å². The van der Waals surface area contributed by atoms with Gasteiger partial charge < -0.3 is 9.64 Å². The molecule has 6 nitrogen and oxygen atoms in total. The van der Waals surface area contributed by atoms with Gasteiger partial charge in [0, 0.05) is 36.6 Å². The van der Waals surface area contributed by atoms with Gasteiger partial charge in [0.25, 0.3) is 5.91 Å². The first-order valence-electron chi connectivity index (χ1n) is 11.8. The Balaban J connectivity index is 1.46. The minimum absolute atomic E-state index is 0.283. The van der Waals surface area contributed by atoms with Crippen LogP contribution in [0.4, 0.5) is 18.9 Å². The van der Waals surface area contributed by atoms with Crippen molar-refractivity contribution in [3.63, 3.8) is 0 Å². The van der Waals surface area contributed by atoms with Gasteiger partial charge in [-0.3, -0.25) is 4.79 Å². The Kier molecular flexibility index (Phi) is 6.37. The molecule has 37 heavy (non-hydrogen) atoms. The highest BCUT2D eigenvalue weighted by Crippen LogP contribution is 2.37. The summed E-state index contributed by atoms with van der Waals surface area (Å²) >= 11 is 0. The van der Waals surface area contributed by atoms with Crippen LogP contribution in [-0.2, 0) is 19.0 Å². The van der Waals surface area contributed by atoms with E-state index in [4.69, 9.17) is 4.74 Å². The largest absolute Gasteiger partial charge is 0.438 e. The zero-order valence-corrected chi connectivity index (χ0v) is 20.2. The van der Waals surface area contributed by atoms with Gasteiger partial charge in [-0.15, -0.1) is 0 Å². The lowest BCUT2D eigenvalue weighted by molar-refractivity contribution is -0.137. The third-order valence-corrected chi connectivity index (χ3v) is 6.26. The summed E-state index contributed by atoms with van der Waals surface area (Å²) in [6, 6.07) is 13.9. The summed E-state index contributed by atoms with van der Waals surface area (Å²) in [5, 5.41) is 0. The summed E-state index contributed by atoms with van der Waals surface area (Å²) in [7, 11) is 0. The average molecular weight is 505 g/mol. The number of carbonyl (C=O) groups is 1. The second-order valence-electron chi connectivity index (χ2n) is 8.70. The van der Waals surface area contributed by atoms with Crippen LogP contribution in [-0.4, -0.2) is 27.4 Å². The standard InChI is InChI=1S/C28H23F3N4O2/c1-3-25-32-13-10-22(34-25)21-5-4-12-33-26(21)37-24-15-19(7-6-17(24)2)27(36)35-14-11-18-8-9-20(16-23(18)35)28(29,30)31/h4-10,12-13,15-16H,3,11,14H2,1-2H3. The fraction of sp³-hybridized carbons (Fsp3) is 0.214. The number of benzene rings is 2. The van der Waals surface area contributed by atoms with Crippen LogP contribution >= 0.6 is 0 Å². The van der Waals surface area contributed by atoms with E-state index in [1.54, 1.807) is 42.7 Å². The van der Waals surface area contributed by atoms with E-state index < -0.39 is 17.6 Å². The van der Waals surface area contributed by atoms with Crippen LogP contribution in [0.15, 0.2) is 67.0 Å². The number of carbonyl (C=O) groups excluding carboxylic acids is 1. The number of rotatable bonds is 5. The van der Waals surface area contributed by atoms with E-state index in [1.807, 2.05) is 19.9 Å². The number of hydrogen-bond acceptors (Lipinski definition) is 5. The lowest BCUT2D eigenvalue weighted by Crippen LogP contribution is -2.29. The number of hydrogen-bond donors (Lipinski definition) is 0.